The summed E-state index contributed by atoms with van der Waals surface area (Å²) in [6.07, 6.45) is 0. The summed E-state index contributed by atoms with van der Waals surface area (Å²) in [6.45, 7) is 0.199. The number of aliphatic imine (C=N–C) groups is 1. The predicted molar refractivity (Wildman–Crippen MR) is 63.8 cm³/mol. The van der Waals surface area contributed by atoms with Crippen molar-refractivity contribution in [2.24, 2.45) is 12.0 Å². The van der Waals surface area contributed by atoms with Gasteiger partial charge in [0, 0.05) is 7.05 Å². The molecule has 0 spiro atoms. The zero-order valence-corrected chi connectivity index (χ0v) is 9.54. The molecule has 6 heteroatoms. The molecule has 18 heavy (non-hydrogen) atoms. The molecule has 0 fully saturated rings. The van der Waals surface area contributed by atoms with Gasteiger partial charge in [0.05, 0.1) is 12.1 Å². The van der Waals surface area contributed by atoms with E-state index in [1.165, 1.54) is 4.57 Å². The van der Waals surface area contributed by atoms with Gasteiger partial charge in [-0.25, -0.2) is 4.79 Å². The van der Waals surface area contributed by atoms with Crippen LogP contribution in [0, 0.1) is 22.7 Å². The number of aromatic nitrogens is 1. The van der Waals surface area contributed by atoms with Crippen LogP contribution >= 0.6 is 0 Å². The molecule has 88 valence electrons. The van der Waals surface area contributed by atoms with Crippen LogP contribution in [0.1, 0.15) is 5.56 Å². The third-order valence-electron chi connectivity index (χ3n) is 2.49. The summed E-state index contributed by atoms with van der Waals surface area (Å²) < 4.78 is 6.43. The molecule has 6 nitrogen and oxygen atoms in total. The minimum Gasteiger partial charge on any atom is -0.408 e. The average molecular weight is 240 g/mol. The van der Waals surface area contributed by atoms with Crippen molar-refractivity contribution in [1.82, 2.24) is 4.57 Å². The fraction of sp³-hybridized carbons (Fsp3) is 0.167. The Morgan fingerprint density at radius 1 is 1.44 bits per heavy atom. The van der Waals surface area contributed by atoms with Crippen LogP contribution < -0.4 is 5.76 Å². The van der Waals surface area contributed by atoms with Crippen LogP contribution in [0.5, 0.6) is 0 Å². The molecule has 0 aliphatic carbocycles. The molecular weight excluding hydrogens is 232 g/mol. The maximum absolute atomic E-state index is 11.3. The molecule has 0 unspecified atom stereocenters. The number of oxazole rings is 1. The molecule has 1 aromatic heterocycles. The van der Waals surface area contributed by atoms with Gasteiger partial charge < -0.3 is 4.42 Å². The zero-order chi connectivity index (χ0) is 13.1. The highest BCUT2D eigenvalue weighted by Gasteiger charge is 2.06. The first-order valence-electron chi connectivity index (χ1n) is 5.09. The maximum Gasteiger partial charge on any atom is 0.419 e. The number of aryl methyl sites for hydroxylation is 1. The third kappa shape index (κ3) is 2.00. The molecule has 1 heterocycles. The number of nitrogens with zero attached hydrogens (tertiary/aromatic N) is 4. The molecule has 0 radical (unpaired) electrons. The second kappa shape index (κ2) is 4.56. The van der Waals surface area contributed by atoms with Crippen LogP contribution in [0.25, 0.3) is 11.1 Å². The monoisotopic (exact) mass is 240 g/mol. The van der Waals surface area contributed by atoms with E-state index in [0.717, 1.165) is 5.56 Å². The third-order valence-corrected chi connectivity index (χ3v) is 2.49. The number of benzene rings is 1. The van der Waals surface area contributed by atoms with Crippen LogP contribution in [-0.4, -0.2) is 10.3 Å². The average Bonchev–Trinajstić information content (AvgIpc) is 2.66. The van der Waals surface area contributed by atoms with Crippen molar-refractivity contribution >= 4 is 16.8 Å². The Hall–Kier alpha value is -2.86. The Morgan fingerprint density at radius 2 is 2.17 bits per heavy atom. The van der Waals surface area contributed by atoms with Gasteiger partial charge in [-0.15, -0.1) is 0 Å². The Kier molecular flexibility index (Phi) is 2.94. The number of rotatable bonds is 2. The van der Waals surface area contributed by atoms with Crippen molar-refractivity contribution < 1.29 is 4.42 Å². The molecule has 0 atom stereocenters. The summed E-state index contributed by atoms with van der Waals surface area (Å²) in [5.41, 5.74) is 1.74. The highest BCUT2D eigenvalue weighted by Crippen LogP contribution is 2.14. The van der Waals surface area contributed by atoms with Gasteiger partial charge in [-0.3, -0.25) is 9.56 Å². The van der Waals surface area contributed by atoms with E-state index in [2.05, 4.69) is 4.99 Å². The molecule has 2 aromatic rings. The van der Waals surface area contributed by atoms with Crippen LogP contribution in [0.3, 0.4) is 0 Å². The Labute approximate surface area is 102 Å². The first-order valence-corrected chi connectivity index (χ1v) is 5.09. The topological polar surface area (TPSA) is 95.1 Å². The molecule has 0 amide bonds. The number of hydrogen-bond donors (Lipinski definition) is 0. The van der Waals surface area contributed by atoms with Crippen molar-refractivity contribution in [1.29, 1.82) is 10.5 Å². The summed E-state index contributed by atoms with van der Waals surface area (Å²) in [4.78, 5) is 15.1. The van der Waals surface area contributed by atoms with Gasteiger partial charge in [0.1, 0.15) is 12.1 Å². The Morgan fingerprint density at radius 3 is 2.83 bits per heavy atom. The Balaban J connectivity index is 2.38. The summed E-state index contributed by atoms with van der Waals surface area (Å²) in [5.74, 6) is -0.430. The molecule has 0 aliphatic rings. The lowest BCUT2D eigenvalue weighted by Gasteiger charge is -1.96. The quantitative estimate of drug-likeness (QED) is 0.735. The minimum absolute atomic E-state index is 0.176. The minimum atomic E-state index is -0.430. The smallest absolute Gasteiger partial charge is 0.408 e. The van der Waals surface area contributed by atoms with E-state index in [1.807, 2.05) is 0 Å². The van der Waals surface area contributed by atoms with Crippen molar-refractivity contribution in [3.8, 4) is 12.1 Å². The molecule has 0 bridgehead atoms. The van der Waals surface area contributed by atoms with E-state index in [1.54, 1.807) is 37.4 Å². The van der Waals surface area contributed by atoms with Gasteiger partial charge in [-0.2, -0.15) is 10.5 Å². The van der Waals surface area contributed by atoms with Gasteiger partial charge in [0.25, 0.3) is 0 Å². The lowest BCUT2D eigenvalue weighted by molar-refractivity contribution is 0.528. The summed E-state index contributed by atoms with van der Waals surface area (Å²) >= 11 is 0. The molecule has 0 N–H and O–H groups in total. The van der Waals surface area contributed by atoms with Crippen molar-refractivity contribution in [3.63, 3.8) is 0 Å². The number of fused-ring (bicyclic) bond motifs is 1. The summed E-state index contributed by atoms with van der Waals surface area (Å²) in [6, 6.07) is 8.55. The molecule has 0 aliphatic heterocycles. The Bertz CT molecular complexity index is 752. The lowest BCUT2D eigenvalue weighted by atomic mass is 10.2. The van der Waals surface area contributed by atoms with Crippen molar-refractivity contribution in [3.05, 3.63) is 34.3 Å². The maximum atomic E-state index is 11.3. The summed E-state index contributed by atoms with van der Waals surface area (Å²) in [5, 5.41) is 17.1. The van der Waals surface area contributed by atoms with E-state index in [9.17, 15) is 4.79 Å². The lowest BCUT2D eigenvalue weighted by Crippen LogP contribution is -2.08. The van der Waals surface area contributed by atoms with E-state index in [0.29, 0.717) is 11.1 Å². The molecular formula is C12H8N4O2. The van der Waals surface area contributed by atoms with Crippen LogP contribution in [0.4, 0.5) is 0 Å². The van der Waals surface area contributed by atoms with E-state index >= 15 is 0 Å². The highest BCUT2D eigenvalue weighted by molar-refractivity contribution is 6.10. The van der Waals surface area contributed by atoms with Crippen molar-refractivity contribution in [2.45, 2.75) is 6.54 Å². The van der Waals surface area contributed by atoms with Crippen LogP contribution in [0.15, 0.2) is 32.4 Å². The zero-order valence-electron chi connectivity index (χ0n) is 9.54. The SMILES string of the molecule is Cn1c(=O)oc2cc(CN=C(C#N)C#N)ccc21. The van der Waals surface area contributed by atoms with Gasteiger partial charge >= 0.3 is 5.76 Å². The van der Waals surface area contributed by atoms with Gasteiger partial charge in [-0.05, 0) is 17.7 Å². The van der Waals surface area contributed by atoms with Gasteiger partial charge in [0.2, 0.25) is 5.71 Å². The first kappa shape index (κ1) is 11.6. The normalized spacial score (nSPS) is 9.72. The standard InChI is InChI=1S/C12H8N4O2/c1-16-10-3-2-8(4-11(10)18-12(16)17)7-15-9(5-13)6-14/h2-4H,7H2,1H3. The fourth-order valence-corrected chi connectivity index (χ4v) is 1.54. The second-order valence-corrected chi connectivity index (χ2v) is 3.62. The van der Waals surface area contributed by atoms with Crippen molar-refractivity contribution in [2.75, 3.05) is 0 Å². The van der Waals surface area contributed by atoms with E-state index in [4.69, 9.17) is 14.9 Å². The largest absolute Gasteiger partial charge is 0.419 e. The molecule has 0 saturated carbocycles. The van der Waals surface area contributed by atoms with Gasteiger partial charge in [0.15, 0.2) is 5.58 Å². The first-order chi connectivity index (χ1) is 8.65. The summed E-state index contributed by atoms with van der Waals surface area (Å²) in [7, 11) is 1.62. The fourth-order valence-electron chi connectivity index (χ4n) is 1.54. The van der Waals surface area contributed by atoms with E-state index < -0.39 is 5.76 Å². The van der Waals surface area contributed by atoms with Gasteiger partial charge in [-0.1, -0.05) is 6.07 Å². The predicted octanol–water partition coefficient (Wildman–Crippen LogP) is 1.12. The van der Waals surface area contributed by atoms with Crippen LogP contribution in [0.2, 0.25) is 0 Å². The number of hydrogen-bond acceptors (Lipinski definition) is 5. The second-order valence-electron chi connectivity index (χ2n) is 3.62. The number of nitriles is 2. The van der Waals surface area contributed by atoms with E-state index in [-0.39, 0.29) is 12.3 Å². The molecule has 0 saturated heterocycles. The molecule has 2 rings (SSSR count). The van der Waals surface area contributed by atoms with Crippen LogP contribution in [-0.2, 0) is 13.6 Å². The highest BCUT2D eigenvalue weighted by atomic mass is 16.4. The molecule has 1 aromatic carbocycles.